The second-order valence-electron chi connectivity index (χ2n) is 8.52. The van der Waals surface area contributed by atoms with Gasteiger partial charge in [-0.15, -0.1) is 0 Å². The van der Waals surface area contributed by atoms with Crippen LogP contribution in [0, 0.1) is 0 Å². The Bertz CT molecular complexity index is 1240. The largest absolute Gasteiger partial charge is 1.00 e. The molecule has 2 heterocycles. The average molecular weight is 652 g/mol. The first kappa shape index (κ1) is 35.2. The Balaban J connectivity index is 0.00000308. The number of ether oxygens (including phenoxy) is 2. The molecule has 0 unspecified atom stereocenters. The van der Waals surface area contributed by atoms with E-state index in [0.29, 0.717) is 26.4 Å². The molecule has 14 heteroatoms. The number of hydrogen-bond donors (Lipinski definition) is 2. The maximum Gasteiger partial charge on any atom is 0.408 e. The fourth-order valence-corrected chi connectivity index (χ4v) is 5.07. The van der Waals surface area contributed by atoms with E-state index < -0.39 is 0 Å². The zero-order chi connectivity index (χ0) is 27.8. The van der Waals surface area contributed by atoms with Gasteiger partial charge in [-0.1, -0.05) is 0 Å². The third-order valence-corrected chi connectivity index (χ3v) is 7.33. The summed E-state index contributed by atoms with van der Waals surface area (Å²) in [4.78, 5) is 0. The van der Waals surface area contributed by atoms with Crippen molar-refractivity contribution in [2.45, 2.75) is 26.9 Å². The molecule has 0 amide bonds. The number of azo groups is 2. The Morgan fingerprint density at radius 2 is 1.00 bits per heavy atom. The van der Waals surface area contributed by atoms with E-state index in [9.17, 15) is 0 Å². The van der Waals surface area contributed by atoms with Gasteiger partial charge in [0.05, 0.1) is 49.7 Å². The first-order valence-corrected chi connectivity index (χ1v) is 15.1. The number of aromatic nitrogens is 2. The molecule has 10 nitrogen and oxygen atoms in total. The van der Waals surface area contributed by atoms with Crippen LogP contribution in [0.15, 0.2) is 92.1 Å². The Hall–Kier alpha value is -3.00. The van der Waals surface area contributed by atoms with Crippen LogP contribution in [0.2, 0.25) is 0 Å². The molecule has 2 aromatic carbocycles. The van der Waals surface area contributed by atoms with Crippen LogP contribution < -0.4 is 44.6 Å². The van der Waals surface area contributed by atoms with E-state index in [1.54, 1.807) is 22.7 Å². The summed E-state index contributed by atoms with van der Waals surface area (Å²) in [5, 5.41) is 29.8. The Morgan fingerprint density at radius 1 is 0.595 bits per heavy atom. The van der Waals surface area contributed by atoms with Crippen molar-refractivity contribution >= 4 is 55.7 Å². The van der Waals surface area contributed by atoms with Crippen LogP contribution in [-0.2, 0) is 22.6 Å². The van der Waals surface area contributed by atoms with Crippen LogP contribution in [0.5, 0.6) is 0 Å². The van der Waals surface area contributed by atoms with Crippen LogP contribution in [-0.4, -0.2) is 39.5 Å². The summed E-state index contributed by atoms with van der Waals surface area (Å²) in [7, 11) is 0. The number of rotatable bonds is 17. The molecule has 0 aliphatic rings. The number of nitrogens with zero attached hydrogens (tertiary/aromatic N) is 6. The summed E-state index contributed by atoms with van der Waals surface area (Å²) >= 11 is 3.16. The molecule has 4 rings (SSSR count). The van der Waals surface area contributed by atoms with Crippen LogP contribution in [0.25, 0.3) is 0 Å². The number of nitrogens with one attached hydrogen (secondary N) is 2. The average Bonchev–Trinajstić information content (AvgIpc) is 3.66. The van der Waals surface area contributed by atoms with Gasteiger partial charge in [-0.05, 0) is 95.3 Å². The molecule has 0 radical (unpaired) electrons. The van der Waals surface area contributed by atoms with Crippen LogP contribution in [0.1, 0.15) is 13.8 Å². The summed E-state index contributed by atoms with van der Waals surface area (Å²) in [5.74, 6) is 0. The predicted molar refractivity (Wildman–Crippen MR) is 160 cm³/mol. The van der Waals surface area contributed by atoms with Gasteiger partial charge < -0.3 is 44.9 Å². The van der Waals surface area contributed by atoms with Gasteiger partial charge in [-0.3, -0.25) is 0 Å². The zero-order valence-corrected chi connectivity index (χ0v) is 26.8. The highest BCUT2D eigenvalue weighted by molar-refractivity contribution is 7.13. The summed E-state index contributed by atoms with van der Waals surface area (Å²) < 4.78 is 15.5. The lowest BCUT2D eigenvalue weighted by Gasteiger charge is -2.09. The van der Waals surface area contributed by atoms with E-state index in [4.69, 9.17) is 9.47 Å². The second-order valence-corrected chi connectivity index (χ2v) is 10.3. The van der Waals surface area contributed by atoms with Crippen molar-refractivity contribution in [1.29, 1.82) is 0 Å². The van der Waals surface area contributed by atoms with Gasteiger partial charge in [0.1, 0.15) is 23.8 Å². The SMILES string of the molecule is CC[n+]1ccsc1N=Nc1ccc(NCCOCCOCCNc2ccc(N=Nc3scc[n+]3CC)cc2)cc1.[Cl-].[Cl-]. The molecule has 0 aliphatic heterocycles. The number of thiazole rings is 2. The third kappa shape index (κ3) is 11.7. The molecule has 0 bridgehead atoms. The number of benzene rings is 2. The summed E-state index contributed by atoms with van der Waals surface area (Å²) in [6.07, 6.45) is 4.03. The molecule has 0 saturated heterocycles. The quantitative estimate of drug-likeness (QED) is 0.100. The Kier molecular flexibility index (Phi) is 16.8. The molecule has 0 aliphatic carbocycles. The van der Waals surface area contributed by atoms with Crippen molar-refractivity contribution in [2.24, 2.45) is 20.5 Å². The molecular formula is C28H36Cl2N8O2S2. The van der Waals surface area contributed by atoms with Crippen molar-refractivity contribution in [2.75, 3.05) is 50.2 Å². The number of halogens is 2. The standard InChI is InChI=1S/C28H34N8O2S2.2ClH/c1-3-35-15-21-39-27(35)33-31-25-9-5-23(6-10-25)29-13-17-37-19-20-38-18-14-30-24-7-11-26(12-8-24)32-34-28-36(4-2)16-22-40-28;;/h5-12,15-16,21-22H,3-4,13-14,17-20H2,1-2H3;2*1H. The minimum Gasteiger partial charge on any atom is -1.00 e. The molecule has 0 fully saturated rings. The molecule has 0 saturated carbocycles. The van der Waals surface area contributed by atoms with E-state index in [1.807, 2.05) is 71.7 Å². The predicted octanol–water partition coefficient (Wildman–Crippen LogP) is 0.820. The second kappa shape index (κ2) is 20.0. The lowest BCUT2D eigenvalue weighted by atomic mass is 10.3. The number of hydrogen-bond acceptors (Lipinski definition) is 10. The van der Waals surface area contributed by atoms with E-state index >= 15 is 0 Å². The molecule has 2 N–H and O–H groups in total. The maximum absolute atomic E-state index is 5.66. The van der Waals surface area contributed by atoms with E-state index in [1.165, 1.54) is 0 Å². The van der Waals surface area contributed by atoms with Gasteiger partial charge in [0, 0.05) is 35.2 Å². The number of aryl methyl sites for hydroxylation is 2. The molecule has 2 aromatic heterocycles. The van der Waals surface area contributed by atoms with Crippen molar-refractivity contribution in [3.05, 3.63) is 71.7 Å². The highest BCUT2D eigenvalue weighted by atomic mass is 35.5. The minimum absolute atomic E-state index is 0. The fraction of sp³-hybridized carbons (Fsp3) is 0.357. The summed E-state index contributed by atoms with van der Waals surface area (Å²) in [6.45, 7) is 9.70. The van der Waals surface area contributed by atoms with Crippen molar-refractivity contribution in [3.63, 3.8) is 0 Å². The number of anilines is 2. The normalized spacial score (nSPS) is 11.0. The first-order valence-electron chi connectivity index (χ1n) is 13.4. The molecule has 4 aromatic rings. The lowest BCUT2D eigenvalue weighted by molar-refractivity contribution is -0.677. The Morgan fingerprint density at radius 3 is 1.38 bits per heavy atom. The molecule has 0 atom stereocenters. The Labute approximate surface area is 267 Å². The van der Waals surface area contributed by atoms with Gasteiger partial charge >= 0.3 is 10.3 Å². The van der Waals surface area contributed by atoms with Gasteiger partial charge in [0.25, 0.3) is 0 Å². The van der Waals surface area contributed by atoms with Crippen molar-refractivity contribution in [1.82, 2.24) is 0 Å². The van der Waals surface area contributed by atoms with Crippen molar-refractivity contribution in [3.8, 4) is 0 Å². The molecule has 226 valence electrons. The minimum atomic E-state index is 0. The van der Waals surface area contributed by atoms with Crippen LogP contribution in [0.3, 0.4) is 0 Å². The first-order chi connectivity index (χ1) is 19.7. The molecular weight excluding hydrogens is 615 g/mol. The van der Waals surface area contributed by atoms with E-state index in [0.717, 1.165) is 59.2 Å². The van der Waals surface area contributed by atoms with Gasteiger partial charge in [-0.25, -0.2) is 9.13 Å². The van der Waals surface area contributed by atoms with Gasteiger partial charge in [0.15, 0.2) is 0 Å². The topological polar surface area (TPSA) is 99.7 Å². The molecule has 0 spiro atoms. The maximum atomic E-state index is 5.66. The highest BCUT2D eigenvalue weighted by Crippen LogP contribution is 2.22. The third-order valence-electron chi connectivity index (χ3n) is 5.76. The van der Waals surface area contributed by atoms with Gasteiger partial charge in [0.2, 0.25) is 0 Å². The molecule has 42 heavy (non-hydrogen) atoms. The van der Waals surface area contributed by atoms with Crippen molar-refractivity contribution < 1.29 is 43.4 Å². The smallest absolute Gasteiger partial charge is 0.408 e. The summed E-state index contributed by atoms with van der Waals surface area (Å²) in [5.41, 5.74) is 3.69. The zero-order valence-electron chi connectivity index (χ0n) is 23.7. The van der Waals surface area contributed by atoms with Gasteiger partial charge in [-0.2, -0.15) is 0 Å². The van der Waals surface area contributed by atoms with E-state index in [-0.39, 0.29) is 24.8 Å². The van der Waals surface area contributed by atoms with Crippen LogP contribution >= 0.6 is 22.7 Å². The fourth-order valence-electron chi connectivity index (χ4n) is 3.59. The lowest BCUT2D eigenvalue weighted by Crippen LogP contribution is -3.00. The van der Waals surface area contributed by atoms with E-state index in [2.05, 4.69) is 54.1 Å². The highest BCUT2D eigenvalue weighted by Gasteiger charge is 2.10. The summed E-state index contributed by atoms with van der Waals surface area (Å²) in [6, 6.07) is 15.8. The monoisotopic (exact) mass is 650 g/mol. The van der Waals surface area contributed by atoms with Crippen LogP contribution in [0.4, 0.5) is 33.0 Å².